The minimum Gasteiger partial charge on any atom is -0.497 e. The lowest BCUT2D eigenvalue weighted by Crippen LogP contribution is -2.54. The summed E-state index contributed by atoms with van der Waals surface area (Å²) in [5, 5.41) is 0. The summed E-state index contributed by atoms with van der Waals surface area (Å²) < 4.78 is 5.35. The number of ether oxygens (including phenoxy) is 1. The number of hydrogen-bond donors (Lipinski definition) is 0. The number of methoxy groups -OCH3 is 1. The molecule has 1 aromatic rings. The van der Waals surface area contributed by atoms with Crippen molar-refractivity contribution in [1.82, 2.24) is 9.80 Å². The van der Waals surface area contributed by atoms with Crippen LogP contribution in [0.5, 0.6) is 5.75 Å². The van der Waals surface area contributed by atoms with E-state index in [0.29, 0.717) is 17.4 Å². The van der Waals surface area contributed by atoms with Gasteiger partial charge < -0.3 is 9.64 Å². The lowest BCUT2D eigenvalue weighted by molar-refractivity contribution is -0.140. The predicted octanol–water partition coefficient (Wildman–Crippen LogP) is 3.06. The third-order valence-corrected chi connectivity index (χ3v) is 5.96. The molecule has 1 aliphatic carbocycles. The fraction of sp³-hybridized carbons (Fsp3) is 0.650. The van der Waals surface area contributed by atoms with E-state index in [0.717, 1.165) is 44.8 Å². The number of piperidine rings is 2. The van der Waals surface area contributed by atoms with Crippen LogP contribution in [-0.4, -0.2) is 48.5 Å². The van der Waals surface area contributed by atoms with E-state index in [1.54, 1.807) is 7.11 Å². The summed E-state index contributed by atoms with van der Waals surface area (Å²) >= 11 is 0. The van der Waals surface area contributed by atoms with Crippen molar-refractivity contribution < 1.29 is 9.53 Å². The van der Waals surface area contributed by atoms with Crippen molar-refractivity contribution in [2.45, 2.75) is 51.1 Å². The molecule has 130 valence electrons. The van der Waals surface area contributed by atoms with Crippen LogP contribution in [0, 0.1) is 5.41 Å². The minimum absolute atomic E-state index is 0.327. The van der Waals surface area contributed by atoms with Crippen LogP contribution in [-0.2, 0) is 11.3 Å². The highest BCUT2D eigenvalue weighted by atomic mass is 16.5. The summed E-state index contributed by atoms with van der Waals surface area (Å²) in [7, 11) is 1.72. The Bertz CT molecular complexity index is 613. The smallest absolute Gasteiger partial charge is 0.222 e. The van der Waals surface area contributed by atoms with Crippen molar-refractivity contribution in [2.24, 2.45) is 5.41 Å². The van der Waals surface area contributed by atoms with E-state index < -0.39 is 0 Å². The number of rotatable bonds is 4. The maximum absolute atomic E-state index is 12.2. The molecule has 0 aromatic heterocycles. The average Bonchev–Trinajstić information content (AvgIpc) is 3.43. The molecule has 1 atom stereocenters. The van der Waals surface area contributed by atoms with Gasteiger partial charge in [-0.3, -0.25) is 9.69 Å². The molecule has 1 aromatic carbocycles. The van der Waals surface area contributed by atoms with E-state index in [1.165, 1.54) is 31.2 Å². The van der Waals surface area contributed by atoms with Gasteiger partial charge in [-0.25, -0.2) is 0 Å². The highest BCUT2D eigenvalue weighted by Crippen LogP contribution is 2.42. The third kappa shape index (κ3) is 3.30. The van der Waals surface area contributed by atoms with Gasteiger partial charge in [0.05, 0.1) is 7.11 Å². The van der Waals surface area contributed by atoms with Crippen molar-refractivity contribution in [3.05, 3.63) is 29.8 Å². The quantitative estimate of drug-likeness (QED) is 0.851. The summed E-state index contributed by atoms with van der Waals surface area (Å²) in [5.74, 6) is 1.33. The molecule has 1 saturated carbocycles. The zero-order chi connectivity index (χ0) is 16.6. The topological polar surface area (TPSA) is 32.8 Å². The molecular formula is C20H28N2O2. The van der Waals surface area contributed by atoms with Gasteiger partial charge in [0.1, 0.15) is 5.75 Å². The highest BCUT2D eigenvalue weighted by molar-refractivity contribution is 5.78. The molecule has 2 heterocycles. The Kier molecular flexibility index (Phi) is 4.25. The first-order chi connectivity index (χ1) is 11.7. The Morgan fingerprint density at radius 2 is 2.12 bits per heavy atom. The first kappa shape index (κ1) is 15.9. The number of nitrogens with zero attached hydrogens (tertiary/aromatic N) is 2. The highest BCUT2D eigenvalue weighted by Gasteiger charge is 2.45. The molecule has 3 aliphatic rings. The maximum atomic E-state index is 12.2. The molecule has 4 heteroatoms. The Morgan fingerprint density at radius 3 is 2.92 bits per heavy atom. The molecule has 4 rings (SSSR count). The molecule has 0 N–H and O–H groups in total. The molecule has 2 saturated heterocycles. The molecule has 3 fully saturated rings. The van der Waals surface area contributed by atoms with Crippen molar-refractivity contribution in [3.63, 3.8) is 0 Å². The van der Waals surface area contributed by atoms with Crippen LogP contribution < -0.4 is 4.74 Å². The first-order valence-electron chi connectivity index (χ1n) is 9.32. The number of carbonyl (C=O) groups is 1. The summed E-state index contributed by atoms with van der Waals surface area (Å²) in [4.78, 5) is 17.0. The number of hydrogen-bond acceptors (Lipinski definition) is 3. The fourth-order valence-corrected chi connectivity index (χ4v) is 4.57. The summed E-state index contributed by atoms with van der Waals surface area (Å²) in [5.41, 5.74) is 1.64. The fourth-order valence-electron chi connectivity index (χ4n) is 4.57. The molecule has 0 radical (unpaired) electrons. The van der Waals surface area contributed by atoms with Gasteiger partial charge in [0.2, 0.25) is 5.91 Å². The first-order valence-corrected chi connectivity index (χ1v) is 9.32. The van der Waals surface area contributed by atoms with Gasteiger partial charge in [0.25, 0.3) is 0 Å². The van der Waals surface area contributed by atoms with Crippen LogP contribution in [0.15, 0.2) is 24.3 Å². The Balaban J connectivity index is 1.44. The standard InChI is InChI=1S/C20H28N2O2/c1-24-18-5-2-4-16(12-18)13-21-11-3-9-20(14-21)10-8-19(23)22(15-20)17-6-7-17/h2,4-5,12,17H,3,6-11,13-15H2,1H3. The lowest BCUT2D eigenvalue weighted by atomic mass is 9.73. The van der Waals surface area contributed by atoms with Crippen LogP contribution in [0.4, 0.5) is 0 Å². The van der Waals surface area contributed by atoms with Crippen LogP contribution >= 0.6 is 0 Å². The van der Waals surface area contributed by atoms with Crippen LogP contribution in [0.3, 0.4) is 0 Å². The molecule has 24 heavy (non-hydrogen) atoms. The van der Waals surface area contributed by atoms with Gasteiger partial charge in [-0.2, -0.15) is 0 Å². The SMILES string of the molecule is COc1cccc(CN2CCCC3(CCC(=O)N(C4CC4)C3)C2)c1. The van der Waals surface area contributed by atoms with E-state index in [9.17, 15) is 4.79 Å². The van der Waals surface area contributed by atoms with Crippen molar-refractivity contribution in [3.8, 4) is 5.75 Å². The summed E-state index contributed by atoms with van der Waals surface area (Å²) in [6.07, 6.45) is 6.78. The molecule has 1 amide bonds. The van der Waals surface area contributed by atoms with Crippen molar-refractivity contribution in [2.75, 3.05) is 26.7 Å². The summed E-state index contributed by atoms with van der Waals surface area (Å²) in [6.45, 7) is 4.26. The monoisotopic (exact) mass is 328 g/mol. The van der Waals surface area contributed by atoms with E-state index >= 15 is 0 Å². The lowest BCUT2D eigenvalue weighted by Gasteiger charge is -2.48. The molecule has 1 unspecified atom stereocenters. The van der Waals surface area contributed by atoms with E-state index in [2.05, 4.69) is 28.0 Å². The number of likely N-dealkylation sites (tertiary alicyclic amines) is 2. The Hall–Kier alpha value is -1.55. The van der Waals surface area contributed by atoms with Gasteiger partial charge in [-0.05, 0) is 56.3 Å². The average molecular weight is 328 g/mol. The second-order valence-corrected chi connectivity index (χ2v) is 7.92. The van der Waals surface area contributed by atoms with Crippen LogP contribution in [0.25, 0.3) is 0 Å². The van der Waals surface area contributed by atoms with E-state index in [4.69, 9.17) is 4.74 Å². The molecule has 2 aliphatic heterocycles. The zero-order valence-corrected chi connectivity index (χ0v) is 14.7. The third-order valence-electron chi connectivity index (χ3n) is 5.96. The van der Waals surface area contributed by atoms with Gasteiger partial charge in [0, 0.05) is 37.5 Å². The van der Waals surface area contributed by atoms with E-state index in [-0.39, 0.29) is 0 Å². The van der Waals surface area contributed by atoms with Crippen molar-refractivity contribution >= 4 is 5.91 Å². The molecular weight excluding hydrogens is 300 g/mol. The minimum atomic E-state index is 0.327. The van der Waals surface area contributed by atoms with E-state index in [1.807, 2.05) is 6.07 Å². The molecule has 1 spiro atoms. The Morgan fingerprint density at radius 1 is 1.25 bits per heavy atom. The van der Waals surface area contributed by atoms with Gasteiger partial charge in [-0.1, -0.05) is 12.1 Å². The van der Waals surface area contributed by atoms with Gasteiger partial charge >= 0.3 is 0 Å². The molecule has 0 bridgehead atoms. The van der Waals surface area contributed by atoms with Crippen LogP contribution in [0.1, 0.15) is 44.1 Å². The number of benzene rings is 1. The number of amides is 1. The van der Waals surface area contributed by atoms with Crippen LogP contribution in [0.2, 0.25) is 0 Å². The number of carbonyl (C=O) groups excluding carboxylic acids is 1. The van der Waals surface area contributed by atoms with Gasteiger partial charge in [-0.15, -0.1) is 0 Å². The summed E-state index contributed by atoms with van der Waals surface area (Å²) in [6, 6.07) is 8.96. The van der Waals surface area contributed by atoms with Gasteiger partial charge in [0.15, 0.2) is 0 Å². The molecule has 4 nitrogen and oxygen atoms in total. The second-order valence-electron chi connectivity index (χ2n) is 7.92. The normalized spacial score (nSPS) is 28.4. The second kappa shape index (κ2) is 6.40. The van der Waals surface area contributed by atoms with Crippen molar-refractivity contribution in [1.29, 1.82) is 0 Å². The Labute approximate surface area is 144 Å². The predicted molar refractivity (Wildman–Crippen MR) is 93.9 cm³/mol. The maximum Gasteiger partial charge on any atom is 0.222 e. The zero-order valence-electron chi connectivity index (χ0n) is 14.7. The largest absolute Gasteiger partial charge is 0.497 e.